The summed E-state index contributed by atoms with van der Waals surface area (Å²) >= 11 is 0. The minimum absolute atomic E-state index is 0.00304. The van der Waals surface area contributed by atoms with E-state index in [1.165, 1.54) is 0 Å². The maximum absolute atomic E-state index is 9.52. The molecule has 0 bridgehead atoms. The molecule has 3 heteroatoms. The third-order valence-electron chi connectivity index (χ3n) is 2.76. The second-order valence-electron chi connectivity index (χ2n) is 3.84. The molecule has 17 heavy (non-hydrogen) atoms. The predicted molar refractivity (Wildman–Crippen MR) is 70.5 cm³/mol. The van der Waals surface area contributed by atoms with Gasteiger partial charge in [0, 0.05) is 28.4 Å². The van der Waals surface area contributed by atoms with Crippen molar-refractivity contribution in [3.63, 3.8) is 0 Å². The van der Waals surface area contributed by atoms with Gasteiger partial charge in [0.15, 0.2) is 0 Å². The van der Waals surface area contributed by atoms with Crippen molar-refractivity contribution in [1.82, 2.24) is 4.98 Å². The second kappa shape index (κ2) is 4.37. The molecular formula is C14H14N2O. The molecule has 1 heterocycles. The Kier molecular flexibility index (Phi) is 2.91. The van der Waals surface area contributed by atoms with Gasteiger partial charge in [-0.3, -0.25) is 4.98 Å². The monoisotopic (exact) mass is 226 g/mol. The molecular weight excluding hydrogens is 212 g/mol. The van der Waals surface area contributed by atoms with Gasteiger partial charge in [-0.05, 0) is 18.6 Å². The van der Waals surface area contributed by atoms with E-state index in [0.717, 1.165) is 10.9 Å². The third kappa shape index (κ3) is 1.91. The van der Waals surface area contributed by atoms with Crippen LogP contribution >= 0.6 is 0 Å². The van der Waals surface area contributed by atoms with E-state index >= 15 is 0 Å². The molecule has 0 radical (unpaired) electrons. The average Bonchev–Trinajstić information content (AvgIpc) is 2.36. The molecule has 1 aromatic carbocycles. The molecule has 3 nitrogen and oxygen atoms in total. The summed E-state index contributed by atoms with van der Waals surface area (Å²) in [5.74, 6) is 0.00304. The van der Waals surface area contributed by atoms with Gasteiger partial charge in [-0.25, -0.2) is 0 Å². The van der Waals surface area contributed by atoms with Gasteiger partial charge in [-0.15, -0.1) is 0 Å². The summed E-state index contributed by atoms with van der Waals surface area (Å²) in [4.78, 5) is 4.26. The zero-order valence-corrected chi connectivity index (χ0v) is 9.70. The number of aromatic nitrogens is 1. The SMILES string of the molecule is C=C(O)c1ccc(C(=N)CC)c2cccnc12. The number of nitrogens with one attached hydrogen (secondary N) is 1. The second-order valence-corrected chi connectivity index (χ2v) is 3.84. The normalized spacial score (nSPS) is 10.4. The van der Waals surface area contributed by atoms with Gasteiger partial charge in [0.2, 0.25) is 0 Å². The molecule has 0 amide bonds. The maximum atomic E-state index is 9.52. The summed E-state index contributed by atoms with van der Waals surface area (Å²) in [6, 6.07) is 7.34. The quantitative estimate of drug-likeness (QED) is 0.621. The van der Waals surface area contributed by atoms with Crippen molar-refractivity contribution in [1.29, 1.82) is 5.41 Å². The molecule has 0 aliphatic carbocycles. The van der Waals surface area contributed by atoms with Crippen molar-refractivity contribution in [2.45, 2.75) is 13.3 Å². The van der Waals surface area contributed by atoms with E-state index in [1.807, 2.05) is 25.1 Å². The first-order valence-electron chi connectivity index (χ1n) is 5.49. The Balaban J connectivity index is 2.79. The van der Waals surface area contributed by atoms with Crippen LogP contribution in [0.1, 0.15) is 24.5 Å². The number of fused-ring (bicyclic) bond motifs is 1. The number of pyridine rings is 1. The van der Waals surface area contributed by atoms with Crippen molar-refractivity contribution in [3.05, 3.63) is 48.2 Å². The summed E-state index contributed by atoms with van der Waals surface area (Å²) in [5.41, 5.74) is 2.74. The Bertz CT molecular complexity index is 602. The first kappa shape index (κ1) is 11.3. The van der Waals surface area contributed by atoms with Crippen molar-refractivity contribution in [3.8, 4) is 0 Å². The number of hydrogen-bond acceptors (Lipinski definition) is 3. The predicted octanol–water partition coefficient (Wildman–Crippen LogP) is 3.54. The van der Waals surface area contributed by atoms with Crippen LogP contribution in [-0.2, 0) is 0 Å². The van der Waals surface area contributed by atoms with E-state index in [1.54, 1.807) is 12.3 Å². The number of nitrogens with zero attached hydrogens (tertiary/aromatic N) is 1. The van der Waals surface area contributed by atoms with Crippen LogP contribution in [-0.4, -0.2) is 15.8 Å². The summed E-state index contributed by atoms with van der Waals surface area (Å²) in [7, 11) is 0. The first-order chi connectivity index (χ1) is 8.15. The van der Waals surface area contributed by atoms with Crippen LogP contribution in [0, 0.1) is 5.41 Å². The van der Waals surface area contributed by atoms with Gasteiger partial charge in [0.1, 0.15) is 5.76 Å². The molecule has 0 saturated carbocycles. The lowest BCUT2D eigenvalue weighted by Gasteiger charge is -2.09. The zero-order chi connectivity index (χ0) is 12.4. The molecule has 2 rings (SSSR count). The molecule has 0 aliphatic rings. The number of aliphatic hydroxyl groups excluding tert-OH is 1. The Hall–Kier alpha value is -2.16. The minimum Gasteiger partial charge on any atom is -0.508 e. The van der Waals surface area contributed by atoms with E-state index in [9.17, 15) is 5.11 Å². The van der Waals surface area contributed by atoms with Crippen molar-refractivity contribution < 1.29 is 5.11 Å². The summed E-state index contributed by atoms with van der Waals surface area (Å²) in [6.07, 6.45) is 2.34. The van der Waals surface area contributed by atoms with Crippen molar-refractivity contribution in [2.24, 2.45) is 0 Å². The van der Waals surface area contributed by atoms with Crippen molar-refractivity contribution >= 4 is 22.4 Å². The molecule has 0 unspecified atom stereocenters. The molecule has 86 valence electrons. The molecule has 0 spiro atoms. The molecule has 0 saturated heterocycles. The van der Waals surface area contributed by atoms with Gasteiger partial charge in [-0.2, -0.15) is 0 Å². The molecule has 0 atom stereocenters. The van der Waals surface area contributed by atoms with Crippen LogP contribution < -0.4 is 0 Å². The van der Waals surface area contributed by atoms with Crippen molar-refractivity contribution in [2.75, 3.05) is 0 Å². The largest absolute Gasteiger partial charge is 0.508 e. The van der Waals surface area contributed by atoms with E-state index in [4.69, 9.17) is 5.41 Å². The standard InChI is InChI=1S/C14H14N2O/c1-3-13(15)11-7-6-10(9(2)17)14-12(11)5-4-8-16-14/h4-8,15,17H,2-3H2,1H3. The highest BCUT2D eigenvalue weighted by molar-refractivity contribution is 6.10. The number of aliphatic hydroxyl groups is 1. The smallest absolute Gasteiger partial charge is 0.117 e. The number of rotatable bonds is 3. The summed E-state index contributed by atoms with van der Waals surface area (Å²) < 4.78 is 0. The van der Waals surface area contributed by atoms with Gasteiger partial charge in [0.05, 0.1) is 5.52 Å². The molecule has 1 aromatic heterocycles. The van der Waals surface area contributed by atoms with E-state index in [0.29, 0.717) is 23.2 Å². The molecule has 2 N–H and O–H groups in total. The zero-order valence-electron chi connectivity index (χ0n) is 9.70. The summed E-state index contributed by atoms with van der Waals surface area (Å²) in [5, 5.41) is 18.3. The van der Waals surface area contributed by atoms with Crippen LogP contribution in [0.5, 0.6) is 0 Å². The van der Waals surface area contributed by atoms with Crippen LogP contribution in [0.2, 0.25) is 0 Å². The van der Waals surface area contributed by atoms with E-state index in [2.05, 4.69) is 11.6 Å². The average molecular weight is 226 g/mol. The fraction of sp³-hybridized carbons (Fsp3) is 0.143. The van der Waals surface area contributed by atoms with Gasteiger partial charge >= 0.3 is 0 Å². The maximum Gasteiger partial charge on any atom is 0.117 e. The third-order valence-corrected chi connectivity index (χ3v) is 2.76. The van der Waals surface area contributed by atoms with E-state index in [-0.39, 0.29) is 5.76 Å². The Morgan fingerprint density at radius 2 is 2.06 bits per heavy atom. The van der Waals surface area contributed by atoms with Gasteiger partial charge in [0.25, 0.3) is 0 Å². The Morgan fingerprint density at radius 3 is 2.71 bits per heavy atom. The number of benzene rings is 1. The highest BCUT2D eigenvalue weighted by Crippen LogP contribution is 2.25. The first-order valence-corrected chi connectivity index (χ1v) is 5.49. The number of hydrogen-bond donors (Lipinski definition) is 2. The minimum atomic E-state index is 0.00304. The highest BCUT2D eigenvalue weighted by atomic mass is 16.3. The highest BCUT2D eigenvalue weighted by Gasteiger charge is 2.10. The lowest BCUT2D eigenvalue weighted by atomic mass is 9.99. The Labute approximate surface area is 99.9 Å². The molecule has 0 aliphatic heterocycles. The van der Waals surface area contributed by atoms with Crippen LogP contribution in [0.25, 0.3) is 16.7 Å². The lowest BCUT2D eigenvalue weighted by Crippen LogP contribution is -2.00. The Morgan fingerprint density at radius 1 is 1.35 bits per heavy atom. The fourth-order valence-electron chi connectivity index (χ4n) is 1.86. The molecule has 2 aromatic rings. The topological polar surface area (TPSA) is 57.0 Å². The van der Waals surface area contributed by atoms with Gasteiger partial charge < -0.3 is 10.5 Å². The molecule has 0 fully saturated rings. The summed E-state index contributed by atoms with van der Waals surface area (Å²) in [6.45, 7) is 5.48. The lowest BCUT2D eigenvalue weighted by molar-refractivity contribution is 0.514. The van der Waals surface area contributed by atoms with Crippen LogP contribution in [0.15, 0.2) is 37.0 Å². The van der Waals surface area contributed by atoms with Crippen LogP contribution in [0.4, 0.5) is 0 Å². The van der Waals surface area contributed by atoms with E-state index < -0.39 is 0 Å². The fourth-order valence-corrected chi connectivity index (χ4v) is 1.86. The van der Waals surface area contributed by atoms with Crippen LogP contribution in [0.3, 0.4) is 0 Å². The van der Waals surface area contributed by atoms with Gasteiger partial charge in [-0.1, -0.05) is 25.6 Å².